The third kappa shape index (κ3) is 2.77. The summed E-state index contributed by atoms with van der Waals surface area (Å²) < 4.78 is 39.6. The molecule has 0 saturated carbocycles. The molecule has 0 amide bonds. The molecule has 1 aromatic heterocycles. The van der Waals surface area contributed by atoms with Gasteiger partial charge in [-0.2, -0.15) is 0 Å². The zero-order chi connectivity index (χ0) is 20.1. The standard InChI is InChI=1S/C21H22N2O4S/c1-13-11-16-7-5-6-8-18(16)23(13)28(24,25)20-12-17(9-10-19(20)26-4)21-14(2)15(3)22-27-21/h5-10,12-13H,11H2,1-4H3/t13-/m1/s1. The second kappa shape index (κ2) is 6.67. The minimum atomic E-state index is -3.83. The maximum atomic E-state index is 13.7. The summed E-state index contributed by atoms with van der Waals surface area (Å²) in [5.74, 6) is 0.862. The third-order valence-corrected chi connectivity index (χ3v) is 7.21. The minimum absolute atomic E-state index is 0.115. The fraction of sp³-hybridized carbons (Fsp3) is 0.286. The van der Waals surface area contributed by atoms with E-state index in [9.17, 15) is 8.42 Å². The van der Waals surface area contributed by atoms with Crippen molar-refractivity contribution in [3.8, 4) is 17.1 Å². The molecular formula is C21H22N2O4S. The fourth-order valence-corrected chi connectivity index (χ4v) is 5.59. The molecule has 1 atom stereocenters. The quantitative estimate of drug-likeness (QED) is 0.661. The van der Waals surface area contributed by atoms with Crippen LogP contribution in [0.1, 0.15) is 23.7 Å². The average molecular weight is 398 g/mol. The first-order valence-corrected chi connectivity index (χ1v) is 10.5. The summed E-state index contributed by atoms with van der Waals surface area (Å²) in [5, 5.41) is 3.98. The van der Waals surface area contributed by atoms with Gasteiger partial charge < -0.3 is 9.26 Å². The van der Waals surface area contributed by atoms with Gasteiger partial charge in [-0.1, -0.05) is 23.4 Å². The Balaban J connectivity index is 1.88. The summed E-state index contributed by atoms with van der Waals surface area (Å²) in [6.07, 6.45) is 0.678. The zero-order valence-corrected chi connectivity index (χ0v) is 17.1. The zero-order valence-electron chi connectivity index (χ0n) is 16.3. The van der Waals surface area contributed by atoms with E-state index >= 15 is 0 Å². The van der Waals surface area contributed by atoms with Crippen molar-refractivity contribution in [2.45, 2.75) is 38.1 Å². The van der Waals surface area contributed by atoms with E-state index in [-0.39, 0.29) is 10.9 Å². The van der Waals surface area contributed by atoms with E-state index in [1.54, 1.807) is 18.2 Å². The van der Waals surface area contributed by atoms with Gasteiger partial charge in [-0.05, 0) is 57.0 Å². The van der Waals surface area contributed by atoms with Gasteiger partial charge in [0, 0.05) is 17.2 Å². The van der Waals surface area contributed by atoms with E-state index in [4.69, 9.17) is 9.26 Å². The molecule has 0 spiro atoms. The molecule has 7 heteroatoms. The van der Waals surface area contributed by atoms with Crippen molar-refractivity contribution in [3.63, 3.8) is 0 Å². The Morgan fingerprint density at radius 3 is 2.61 bits per heavy atom. The van der Waals surface area contributed by atoms with E-state index in [0.717, 1.165) is 16.8 Å². The van der Waals surface area contributed by atoms with Crippen LogP contribution in [0.2, 0.25) is 0 Å². The van der Waals surface area contributed by atoms with Crippen molar-refractivity contribution >= 4 is 15.7 Å². The Hall–Kier alpha value is -2.80. The number of ether oxygens (including phenoxy) is 1. The summed E-state index contributed by atoms with van der Waals surface area (Å²) in [6.45, 7) is 5.67. The van der Waals surface area contributed by atoms with Crippen LogP contribution in [-0.2, 0) is 16.4 Å². The molecule has 4 rings (SSSR count). The number of fused-ring (bicyclic) bond motifs is 1. The van der Waals surface area contributed by atoms with Crippen LogP contribution in [0.15, 0.2) is 51.9 Å². The highest BCUT2D eigenvalue weighted by Gasteiger charge is 2.37. The third-order valence-electron chi connectivity index (χ3n) is 5.26. The van der Waals surface area contributed by atoms with Gasteiger partial charge >= 0.3 is 0 Å². The molecule has 1 aliphatic rings. The number of anilines is 1. The predicted octanol–water partition coefficient (Wildman–Crippen LogP) is 4.11. The molecule has 0 N–H and O–H groups in total. The molecule has 0 aliphatic carbocycles. The van der Waals surface area contributed by atoms with Crippen LogP contribution in [0.5, 0.6) is 5.75 Å². The molecule has 0 radical (unpaired) electrons. The summed E-state index contributed by atoms with van der Waals surface area (Å²) in [5.41, 5.74) is 4.05. The SMILES string of the molecule is COc1ccc(-c2onc(C)c2C)cc1S(=O)(=O)N1c2ccccc2C[C@H]1C. The summed E-state index contributed by atoms with van der Waals surface area (Å²) in [6, 6.07) is 12.5. The number of para-hydroxylation sites is 1. The Bertz CT molecular complexity index is 1150. The lowest BCUT2D eigenvalue weighted by Gasteiger charge is -2.25. The largest absolute Gasteiger partial charge is 0.495 e. The number of hydrogen-bond acceptors (Lipinski definition) is 5. The minimum Gasteiger partial charge on any atom is -0.495 e. The highest BCUT2D eigenvalue weighted by molar-refractivity contribution is 7.93. The molecule has 0 fully saturated rings. The number of sulfonamides is 1. The van der Waals surface area contributed by atoms with Crippen LogP contribution < -0.4 is 9.04 Å². The van der Waals surface area contributed by atoms with Crippen LogP contribution in [0.3, 0.4) is 0 Å². The van der Waals surface area contributed by atoms with Gasteiger partial charge in [0.2, 0.25) is 0 Å². The molecular weight excluding hydrogens is 376 g/mol. The lowest BCUT2D eigenvalue weighted by Crippen LogP contribution is -2.35. The Kier molecular flexibility index (Phi) is 4.42. The Labute approximate surface area is 164 Å². The first-order valence-electron chi connectivity index (χ1n) is 9.08. The normalized spacial score (nSPS) is 16.3. The van der Waals surface area contributed by atoms with Crippen molar-refractivity contribution in [2.75, 3.05) is 11.4 Å². The number of hydrogen-bond donors (Lipinski definition) is 0. The van der Waals surface area contributed by atoms with Crippen LogP contribution in [0, 0.1) is 13.8 Å². The molecule has 2 heterocycles. The number of aromatic nitrogens is 1. The monoisotopic (exact) mass is 398 g/mol. The van der Waals surface area contributed by atoms with Gasteiger partial charge in [0.25, 0.3) is 10.0 Å². The topological polar surface area (TPSA) is 72.6 Å². The van der Waals surface area contributed by atoms with Crippen LogP contribution in [-0.4, -0.2) is 26.7 Å². The van der Waals surface area contributed by atoms with Crippen molar-refractivity contribution in [1.82, 2.24) is 5.16 Å². The molecule has 0 saturated heterocycles. The number of nitrogens with zero attached hydrogens (tertiary/aromatic N) is 2. The summed E-state index contributed by atoms with van der Waals surface area (Å²) in [4.78, 5) is 0.115. The van der Waals surface area contributed by atoms with Crippen molar-refractivity contribution in [1.29, 1.82) is 0 Å². The molecule has 28 heavy (non-hydrogen) atoms. The van der Waals surface area contributed by atoms with E-state index in [0.29, 0.717) is 29.2 Å². The highest BCUT2D eigenvalue weighted by Crippen LogP contribution is 2.40. The summed E-state index contributed by atoms with van der Waals surface area (Å²) >= 11 is 0. The first kappa shape index (κ1) is 18.6. The van der Waals surface area contributed by atoms with E-state index in [2.05, 4.69) is 5.16 Å². The highest BCUT2D eigenvalue weighted by atomic mass is 32.2. The van der Waals surface area contributed by atoms with Gasteiger partial charge in [0.15, 0.2) is 5.76 Å². The van der Waals surface area contributed by atoms with Gasteiger partial charge in [-0.25, -0.2) is 8.42 Å². The molecule has 1 aliphatic heterocycles. The fourth-order valence-electron chi connectivity index (χ4n) is 3.71. The number of methoxy groups -OCH3 is 1. The van der Waals surface area contributed by atoms with Gasteiger partial charge in [0.05, 0.1) is 18.5 Å². The van der Waals surface area contributed by atoms with Crippen LogP contribution in [0.4, 0.5) is 5.69 Å². The summed E-state index contributed by atoms with van der Waals surface area (Å²) in [7, 11) is -2.36. The Morgan fingerprint density at radius 2 is 1.93 bits per heavy atom. The maximum Gasteiger partial charge on any atom is 0.268 e. The second-order valence-electron chi connectivity index (χ2n) is 7.07. The number of aryl methyl sites for hydroxylation is 1. The number of benzene rings is 2. The molecule has 3 aromatic rings. The molecule has 2 aromatic carbocycles. The molecule has 0 bridgehead atoms. The molecule has 6 nitrogen and oxygen atoms in total. The number of rotatable bonds is 4. The van der Waals surface area contributed by atoms with E-state index in [1.807, 2.05) is 45.0 Å². The van der Waals surface area contributed by atoms with Gasteiger partial charge in [-0.3, -0.25) is 4.31 Å². The lowest BCUT2D eigenvalue weighted by molar-refractivity contribution is 0.402. The lowest BCUT2D eigenvalue weighted by atomic mass is 10.1. The van der Waals surface area contributed by atoms with Gasteiger partial charge in [0.1, 0.15) is 10.6 Å². The second-order valence-corrected chi connectivity index (χ2v) is 8.85. The van der Waals surface area contributed by atoms with Gasteiger partial charge in [-0.15, -0.1) is 0 Å². The van der Waals surface area contributed by atoms with Crippen molar-refractivity contribution in [3.05, 3.63) is 59.3 Å². The van der Waals surface area contributed by atoms with Crippen molar-refractivity contribution in [2.24, 2.45) is 0 Å². The molecule has 0 unspecified atom stereocenters. The predicted molar refractivity (Wildman–Crippen MR) is 107 cm³/mol. The average Bonchev–Trinajstić information content (AvgIpc) is 3.20. The smallest absolute Gasteiger partial charge is 0.268 e. The van der Waals surface area contributed by atoms with Crippen LogP contribution in [0.25, 0.3) is 11.3 Å². The van der Waals surface area contributed by atoms with Crippen molar-refractivity contribution < 1.29 is 17.7 Å². The van der Waals surface area contributed by atoms with Crippen LogP contribution >= 0.6 is 0 Å². The Morgan fingerprint density at radius 1 is 1.18 bits per heavy atom. The first-order chi connectivity index (χ1) is 13.3. The van der Waals surface area contributed by atoms with E-state index in [1.165, 1.54) is 11.4 Å². The molecule has 146 valence electrons. The van der Waals surface area contributed by atoms with E-state index < -0.39 is 10.0 Å². The maximum absolute atomic E-state index is 13.7.